The van der Waals surface area contributed by atoms with E-state index in [1.165, 1.54) is 0 Å². The summed E-state index contributed by atoms with van der Waals surface area (Å²) >= 11 is 0. The van der Waals surface area contributed by atoms with Gasteiger partial charge in [-0.3, -0.25) is 9.48 Å². The van der Waals surface area contributed by atoms with Gasteiger partial charge in [0.25, 0.3) is 0 Å². The van der Waals surface area contributed by atoms with Crippen molar-refractivity contribution in [3.63, 3.8) is 0 Å². The van der Waals surface area contributed by atoms with Crippen molar-refractivity contribution in [2.75, 3.05) is 14.2 Å². The Kier molecular flexibility index (Phi) is 3.25. The van der Waals surface area contributed by atoms with Crippen molar-refractivity contribution in [3.05, 3.63) is 46.8 Å². The molecule has 1 aliphatic carbocycles. The highest BCUT2D eigenvalue weighted by atomic mass is 16.5. The highest BCUT2D eigenvalue weighted by Gasteiger charge is 2.27. The van der Waals surface area contributed by atoms with Gasteiger partial charge >= 0.3 is 0 Å². The molecule has 3 rings (SSSR count). The van der Waals surface area contributed by atoms with Crippen molar-refractivity contribution in [2.24, 2.45) is 7.05 Å². The first-order valence-electron chi connectivity index (χ1n) is 6.61. The van der Waals surface area contributed by atoms with Crippen LogP contribution in [0.1, 0.15) is 21.5 Å². The Balaban J connectivity index is 2.00. The number of rotatable bonds is 3. The van der Waals surface area contributed by atoms with Gasteiger partial charge in [0.15, 0.2) is 17.3 Å². The minimum Gasteiger partial charge on any atom is -0.493 e. The van der Waals surface area contributed by atoms with Gasteiger partial charge in [0.05, 0.1) is 20.4 Å². The molecule has 5 nitrogen and oxygen atoms in total. The van der Waals surface area contributed by atoms with Crippen LogP contribution in [-0.4, -0.2) is 29.8 Å². The van der Waals surface area contributed by atoms with E-state index in [0.29, 0.717) is 23.5 Å². The van der Waals surface area contributed by atoms with E-state index < -0.39 is 0 Å². The minimum atomic E-state index is 0.0369. The van der Waals surface area contributed by atoms with Gasteiger partial charge in [-0.1, -0.05) is 0 Å². The molecule has 0 saturated carbocycles. The highest BCUT2D eigenvalue weighted by Crippen LogP contribution is 2.36. The van der Waals surface area contributed by atoms with E-state index in [1.807, 2.05) is 25.4 Å². The summed E-state index contributed by atoms with van der Waals surface area (Å²) in [7, 11) is 5.01. The van der Waals surface area contributed by atoms with E-state index in [-0.39, 0.29) is 5.78 Å². The zero-order valence-electron chi connectivity index (χ0n) is 12.2. The Morgan fingerprint density at radius 2 is 1.95 bits per heavy atom. The maximum Gasteiger partial charge on any atom is 0.189 e. The lowest BCUT2D eigenvalue weighted by Gasteiger charge is -2.08. The molecule has 0 N–H and O–H groups in total. The molecule has 2 aromatic rings. The van der Waals surface area contributed by atoms with Crippen LogP contribution in [0.3, 0.4) is 0 Å². The standard InChI is InChI=1S/C16H16N2O3/c1-18-9-10(8-17-18)4-12-5-11-6-14(20-2)15(21-3)7-13(11)16(12)19/h4,6-9H,5H2,1-3H3. The number of carbonyl (C=O) groups is 1. The molecule has 0 atom stereocenters. The van der Waals surface area contributed by atoms with Crippen molar-refractivity contribution >= 4 is 11.9 Å². The number of fused-ring (bicyclic) bond motifs is 1. The quantitative estimate of drug-likeness (QED) is 0.811. The molecule has 5 heteroatoms. The van der Waals surface area contributed by atoms with Gasteiger partial charge in [-0.15, -0.1) is 0 Å². The highest BCUT2D eigenvalue weighted by molar-refractivity contribution is 6.15. The van der Waals surface area contributed by atoms with Crippen LogP contribution < -0.4 is 9.47 Å². The third kappa shape index (κ3) is 2.31. The molecule has 0 fully saturated rings. The van der Waals surface area contributed by atoms with Crippen LogP contribution in [0.5, 0.6) is 11.5 Å². The molecule has 0 saturated heterocycles. The van der Waals surface area contributed by atoms with Crippen molar-refractivity contribution in [3.8, 4) is 11.5 Å². The van der Waals surface area contributed by atoms with E-state index in [4.69, 9.17) is 9.47 Å². The molecule has 1 aromatic heterocycles. The number of ketones is 1. The largest absolute Gasteiger partial charge is 0.493 e. The Labute approximate surface area is 122 Å². The number of allylic oxidation sites excluding steroid dienone is 1. The van der Waals surface area contributed by atoms with Gasteiger partial charge < -0.3 is 9.47 Å². The molecule has 1 heterocycles. The molecule has 0 amide bonds. The van der Waals surface area contributed by atoms with E-state index in [1.54, 1.807) is 31.2 Å². The van der Waals surface area contributed by atoms with Crippen LogP contribution in [0.15, 0.2) is 30.1 Å². The summed E-state index contributed by atoms with van der Waals surface area (Å²) in [5.74, 6) is 1.26. The molecule has 0 unspecified atom stereocenters. The zero-order valence-corrected chi connectivity index (χ0v) is 12.2. The third-order valence-corrected chi connectivity index (χ3v) is 3.59. The second-order valence-electron chi connectivity index (χ2n) is 4.99. The number of aryl methyl sites for hydroxylation is 1. The predicted octanol–water partition coefficient (Wildman–Crippen LogP) is 2.26. The average Bonchev–Trinajstić information content (AvgIpc) is 3.02. The number of hydrogen-bond acceptors (Lipinski definition) is 4. The van der Waals surface area contributed by atoms with Crippen LogP contribution in [0.2, 0.25) is 0 Å². The lowest BCUT2D eigenvalue weighted by atomic mass is 10.1. The molecule has 0 aliphatic heterocycles. The number of Topliss-reactive ketones (excluding diaryl/α,β-unsaturated/α-hetero) is 1. The summed E-state index contributed by atoms with van der Waals surface area (Å²) < 4.78 is 12.3. The Bertz CT molecular complexity index is 744. The first kappa shape index (κ1) is 13.4. The topological polar surface area (TPSA) is 53.4 Å². The number of nitrogens with zero attached hydrogens (tertiary/aromatic N) is 2. The van der Waals surface area contributed by atoms with Crippen LogP contribution in [0, 0.1) is 0 Å². The van der Waals surface area contributed by atoms with Gasteiger partial charge in [0.1, 0.15) is 0 Å². The molecular weight excluding hydrogens is 268 g/mol. The fraction of sp³-hybridized carbons (Fsp3) is 0.250. The van der Waals surface area contributed by atoms with E-state index in [9.17, 15) is 4.79 Å². The predicted molar refractivity (Wildman–Crippen MR) is 78.8 cm³/mol. The Morgan fingerprint density at radius 3 is 2.57 bits per heavy atom. The van der Waals surface area contributed by atoms with Gasteiger partial charge in [0.2, 0.25) is 0 Å². The summed E-state index contributed by atoms with van der Waals surface area (Å²) in [5.41, 5.74) is 3.33. The fourth-order valence-electron chi connectivity index (χ4n) is 2.57. The van der Waals surface area contributed by atoms with Crippen LogP contribution >= 0.6 is 0 Å². The molecule has 0 radical (unpaired) electrons. The molecule has 0 bridgehead atoms. The number of ether oxygens (including phenoxy) is 2. The van der Waals surface area contributed by atoms with Crippen molar-refractivity contribution in [2.45, 2.75) is 6.42 Å². The van der Waals surface area contributed by atoms with Crippen molar-refractivity contribution in [1.82, 2.24) is 9.78 Å². The third-order valence-electron chi connectivity index (χ3n) is 3.59. The summed E-state index contributed by atoms with van der Waals surface area (Å²) in [4.78, 5) is 12.5. The van der Waals surface area contributed by atoms with Crippen LogP contribution in [0.4, 0.5) is 0 Å². The maximum atomic E-state index is 12.5. The van der Waals surface area contributed by atoms with Crippen molar-refractivity contribution < 1.29 is 14.3 Å². The van der Waals surface area contributed by atoms with E-state index >= 15 is 0 Å². The Hall–Kier alpha value is -2.56. The van der Waals surface area contributed by atoms with Gasteiger partial charge in [-0.05, 0) is 23.8 Å². The molecule has 1 aromatic carbocycles. The van der Waals surface area contributed by atoms with E-state index in [0.717, 1.165) is 16.7 Å². The lowest BCUT2D eigenvalue weighted by Crippen LogP contribution is -1.97. The number of methoxy groups -OCH3 is 2. The molecule has 1 aliphatic rings. The SMILES string of the molecule is COc1cc2c(cc1OC)C(=O)C(=Cc1cnn(C)c1)C2. The van der Waals surface area contributed by atoms with Crippen LogP contribution in [0.25, 0.3) is 6.08 Å². The first-order valence-corrected chi connectivity index (χ1v) is 6.61. The normalized spacial score (nSPS) is 15.4. The summed E-state index contributed by atoms with van der Waals surface area (Å²) in [6.07, 6.45) is 6.10. The first-order chi connectivity index (χ1) is 10.1. The summed E-state index contributed by atoms with van der Waals surface area (Å²) in [6, 6.07) is 3.62. The minimum absolute atomic E-state index is 0.0369. The second-order valence-corrected chi connectivity index (χ2v) is 4.99. The Morgan fingerprint density at radius 1 is 1.24 bits per heavy atom. The van der Waals surface area contributed by atoms with Crippen molar-refractivity contribution in [1.29, 1.82) is 0 Å². The van der Waals surface area contributed by atoms with Gasteiger partial charge in [0, 0.05) is 36.4 Å². The summed E-state index contributed by atoms with van der Waals surface area (Å²) in [5, 5.41) is 4.11. The fourth-order valence-corrected chi connectivity index (χ4v) is 2.57. The average molecular weight is 284 g/mol. The molecule has 21 heavy (non-hydrogen) atoms. The van der Waals surface area contributed by atoms with Gasteiger partial charge in [-0.2, -0.15) is 5.10 Å². The second kappa shape index (κ2) is 5.09. The monoisotopic (exact) mass is 284 g/mol. The maximum absolute atomic E-state index is 12.5. The number of hydrogen-bond donors (Lipinski definition) is 0. The number of carbonyl (C=O) groups excluding carboxylic acids is 1. The molecule has 0 spiro atoms. The lowest BCUT2D eigenvalue weighted by molar-refractivity contribution is 0.104. The van der Waals surface area contributed by atoms with Crippen LogP contribution in [-0.2, 0) is 13.5 Å². The molecule has 108 valence electrons. The zero-order chi connectivity index (χ0) is 15.0. The smallest absolute Gasteiger partial charge is 0.189 e. The molecular formula is C16H16N2O3. The number of aromatic nitrogens is 2. The summed E-state index contributed by atoms with van der Waals surface area (Å²) in [6.45, 7) is 0. The van der Waals surface area contributed by atoms with E-state index in [2.05, 4.69) is 5.10 Å². The van der Waals surface area contributed by atoms with Gasteiger partial charge in [-0.25, -0.2) is 0 Å². The number of benzene rings is 1.